The molecule has 1 unspecified atom stereocenters. The molecule has 27 heavy (non-hydrogen) atoms. The first-order valence-electron chi connectivity index (χ1n) is 8.81. The summed E-state index contributed by atoms with van der Waals surface area (Å²) < 4.78 is 13.9. The van der Waals surface area contributed by atoms with Gasteiger partial charge in [-0.25, -0.2) is 4.68 Å². The van der Waals surface area contributed by atoms with E-state index in [0.717, 1.165) is 21.8 Å². The van der Waals surface area contributed by atoms with Crippen molar-refractivity contribution in [2.24, 2.45) is 0 Å². The second-order valence-corrected chi connectivity index (χ2v) is 8.75. The average Bonchev–Trinajstić information content (AvgIpc) is 3.01. The molecule has 1 aromatic heterocycles. The quantitative estimate of drug-likeness (QED) is 0.718. The molecule has 0 aliphatic rings. The minimum Gasteiger partial charge on any atom is -0.306 e. The average molecular weight is 382 g/mol. The summed E-state index contributed by atoms with van der Waals surface area (Å²) in [6.45, 7) is 7.73. The molecular formula is C21H23N3O2S. The van der Waals surface area contributed by atoms with Gasteiger partial charge in [-0.2, -0.15) is 5.10 Å². The fourth-order valence-corrected chi connectivity index (χ4v) is 3.62. The van der Waals surface area contributed by atoms with Crippen LogP contribution in [0.2, 0.25) is 0 Å². The molecule has 0 bridgehead atoms. The van der Waals surface area contributed by atoms with Gasteiger partial charge in [-0.1, -0.05) is 31.5 Å². The van der Waals surface area contributed by atoms with Gasteiger partial charge in [-0.3, -0.25) is 9.00 Å². The van der Waals surface area contributed by atoms with Crippen molar-refractivity contribution in [3.63, 3.8) is 0 Å². The molecule has 0 fully saturated rings. The number of nitrogens with one attached hydrogen (secondary N) is 1. The molecule has 1 atom stereocenters. The van der Waals surface area contributed by atoms with E-state index in [1.165, 1.54) is 0 Å². The second-order valence-electron chi connectivity index (χ2n) is 6.74. The lowest BCUT2D eigenvalue weighted by molar-refractivity contribution is 0.102. The van der Waals surface area contributed by atoms with Gasteiger partial charge in [0.1, 0.15) is 5.82 Å². The van der Waals surface area contributed by atoms with Crippen LogP contribution in [0, 0.1) is 13.8 Å². The Labute approximate surface area is 161 Å². The number of hydrogen-bond donors (Lipinski definition) is 1. The molecule has 2 aromatic carbocycles. The number of nitrogens with zero attached hydrogens (tertiary/aromatic N) is 2. The Morgan fingerprint density at radius 3 is 2.26 bits per heavy atom. The lowest BCUT2D eigenvalue weighted by Gasteiger charge is -2.10. The van der Waals surface area contributed by atoms with Crippen LogP contribution in [0.5, 0.6) is 0 Å². The van der Waals surface area contributed by atoms with Gasteiger partial charge < -0.3 is 5.32 Å². The molecule has 1 amide bonds. The van der Waals surface area contributed by atoms with Gasteiger partial charge in [0.2, 0.25) is 0 Å². The summed E-state index contributed by atoms with van der Waals surface area (Å²) in [4.78, 5) is 13.4. The maximum atomic E-state index is 12.6. The molecule has 0 aliphatic heterocycles. The number of aryl methyl sites for hydroxylation is 2. The minimum absolute atomic E-state index is 0.0384. The van der Waals surface area contributed by atoms with Crippen molar-refractivity contribution in [2.45, 2.75) is 37.8 Å². The van der Waals surface area contributed by atoms with Crippen molar-refractivity contribution in [1.82, 2.24) is 9.78 Å². The van der Waals surface area contributed by atoms with Crippen LogP contribution in [-0.2, 0) is 10.8 Å². The first-order valence-corrected chi connectivity index (χ1v) is 10.0. The molecule has 0 spiro atoms. The van der Waals surface area contributed by atoms with E-state index in [1.54, 1.807) is 28.9 Å². The van der Waals surface area contributed by atoms with Crippen LogP contribution >= 0.6 is 0 Å². The second kappa shape index (κ2) is 7.88. The summed E-state index contributed by atoms with van der Waals surface area (Å²) in [5.41, 5.74) is 3.36. The van der Waals surface area contributed by atoms with E-state index in [9.17, 15) is 9.00 Å². The molecule has 1 N–H and O–H groups in total. The van der Waals surface area contributed by atoms with E-state index in [2.05, 4.69) is 10.4 Å². The molecule has 1 heterocycles. The van der Waals surface area contributed by atoms with E-state index < -0.39 is 10.8 Å². The number of aromatic nitrogens is 2. The number of carbonyl (C=O) groups is 1. The van der Waals surface area contributed by atoms with Gasteiger partial charge in [0.25, 0.3) is 5.91 Å². The summed E-state index contributed by atoms with van der Waals surface area (Å²) in [5.74, 6) is 0.376. The third-order valence-corrected chi connectivity index (χ3v) is 5.72. The van der Waals surface area contributed by atoms with E-state index in [-0.39, 0.29) is 11.2 Å². The smallest absolute Gasteiger partial charge is 0.256 e. The van der Waals surface area contributed by atoms with Gasteiger partial charge in [0.15, 0.2) is 0 Å². The Morgan fingerprint density at radius 1 is 1.04 bits per heavy atom. The van der Waals surface area contributed by atoms with Crippen LogP contribution in [0.15, 0.2) is 59.5 Å². The normalized spacial score (nSPS) is 12.2. The van der Waals surface area contributed by atoms with Crippen LogP contribution in [0.25, 0.3) is 5.69 Å². The Morgan fingerprint density at radius 2 is 1.67 bits per heavy atom. The SMILES string of the molecule is Cc1ccc(-n2nc(C)cc2NC(=O)c2ccc(S(=O)C(C)C)cc2)cc1. The van der Waals surface area contributed by atoms with Gasteiger partial charge in [-0.05, 0) is 50.2 Å². The largest absolute Gasteiger partial charge is 0.306 e. The van der Waals surface area contributed by atoms with Crippen LogP contribution in [0.1, 0.15) is 35.5 Å². The maximum Gasteiger partial charge on any atom is 0.256 e. The fraction of sp³-hybridized carbons (Fsp3) is 0.238. The monoisotopic (exact) mass is 381 g/mol. The fourth-order valence-electron chi connectivity index (χ4n) is 2.67. The molecule has 0 radical (unpaired) electrons. The summed E-state index contributed by atoms with van der Waals surface area (Å²) in [7, 11) is -1.07. The van der Waals surface area contributed by atoms with E-state index in [4.69, 9.17) is 0 Å². The first-order chi connectivity index (χ1) is 12.8. The predicted molar refractivity (Wildman–Crippen MR) is 109 cm³/mol. The lowest BCUT2D eigenvalue weighted by Crippen LogP contribution is -2.15. The first kappa shape index (κ1) is 19.0. The highest BCUT2D eigenvalue weighted by Crippen LogP contribution is 2.19. The molecule has 3 rings (SSSR count). The van der Waals surface area contributed by atoms with E-state index >= 15 is 0 Å². The van der Waals surface area contributed by atoms with Crippen LogP contribution < -0.4 is 5.32 Å². The highest BCUT2D eigenvalue weighted by molar-refractivity contribution is 7.85. The number of anilines is 1. The summed E-state index contributed by atoms with van der Waals surface area (Å²) in [6.07, 6.45) is 0. The Balaban J connectivity index is 1.82. The lowest BCUT2D eigenvalue weighted by atomic mass is 10.2. The zero-order valence-electron chi connectivity index (χ0n) is 15.9. The molecular weight excluding hydrogens is 358 g/mol. The highest BCUT2D eigenvalue weighted by atomic mass is 32.2. The third-order valence-electron chi connectivity index (χ3n) is 4.13. The summed E-state index contributed by atoms with van der Waals surface area (Å²) in [6, 6.07) is 16.7. The van der Waals surface area contributed by atoms with E-state index in [0.29, 0.717) is 11.4 Å². The molecule has 6 heteroatoms. The van der Waals surface area contributed by atoms with Crippen molar-refractivity contribution in [3.8, 4) is 5.69 Å². The minimum atomic E-state index is -1.07. The van der Waals surface area contributed by atoms with Gasteiger partial charge >= 0.3 is 0 Å². The van der Waals surface area contributed by atoms with Crippen molar-refractivity contribution in [1.29, 1.82) is 0 Å². The van der Waals surface area contributed by atoms with Crippen molar-refractivity contribution >= 4 is 22.5 Å². The topological polar surface area (TPSA) is 64.0 Å². The summed E-state index contributed by atoms with van der Waals surface area (Å²) in [5, 5.41) is 7.43. The van der Waals surface area contributed by atoms with Gasteiger partial charge in [0, 0.05) is 21.8 Å². The molecule has 140 valence electrons. The Kier molecular flexibility index (Phi) is 5.56. The van der Waals surface area contributed by atoms with Crippen molar-refractivity contribution in [2.75, 3.05) is 5.32 Å². The maximum absolute atomic E-state index is 12.6. The van der Waals surface area contributed by atoms with Crippen LogP contribution in [0.3, 0.4) is 0 Å². The standard InChI is InChI=1S/C21H23N3O2S/c1-14(2)27(26)19-11-7-17(8-12-19)21(25)22-20-13-16(4)23-24(20)18-9-5-15(3)6-10-18/h5-14H,1-4H3,(H,22,25). The molecule has 0 saturated heterocycles. The van der Waals surface area contributed by atoms with Crippen molar-refractivity contribution < 1.29 is 9.00 Å². The number of carbonyl (C=O) groups excluding carboxylic acids is 1. The number of benzene rings is 2. The zero-order valence-corrected chi connectivity index (χ0v) is 16.7. The van der Waals surface area contributed by atoms with E-state index in [1.807, 2.05) is 58.0 Å². The van der Waals surface area contributed by atoms with Gasteiger partial charge in [-0.15, -0.1) is 0 Å². The number of amides is 1. The molecule has 0 saturated carbocycles. The number of rotatable bonds is 5. The Bertz CT molecular complexity index is 974. The molecule has 0 aliphatic carbocycles. The van der Waals surface area contributed by atoms with Crippen molar-refractivity contribution in [3.05, 3.63) is 71.4 Å². The molecule has 5 nitrogen and oxygen atoms in total. The third kappa shape index (κ3) is 4.34. The number of hydrogen-bond acceptors (Lipinski definition) is 3. The predicted octanol–water partition coefficient (Wildman–Crippen LogP) is 4.26. The highest BCUT2D eigenvalue weighted by Gasteiger charge is 2.14. The molecule has 3 aromatic rings. The van der Waals surface area contributed by atoms with Crippen LogP contribution in [0.4, 0.5) is 5.82 Å². The zero-order chi connectivity index (χ0) is 19.6. The summed E-state index contributed by atoms with van der Waals surface area (Å²) >= 11 is 0. The van der Waals surface area contributed by atoms with Crippen LogP contribution in [-0.4, -0.2) is 25.1 Å². The van der Waals surface area contributed by atoms with Gasteiger partial charge in [0.05, 0.1) is 22.2 Å². The Hall–Kier alpha value is -2.73.